The first-order valence-corrected chi connectivity index (χ1v) is 7.27. The normalized spacial score (nSPS) is 12.0. The molecule has 0 aromatic heterocycles. The van der Waals surface area contributed by atoms with Gasteiger partial charge in [0.25, 0.3) is 5.91 Å². The highest BCUT2D eigenvalue weighted by Crippen LogP contribution is 2.15. The second-order valence-electron chi connectivity index (χ2n) is 4.93. The van der Waals surface area contributed by atoms with Gasteiger partial charge in [-0.1, -0.05) is 20.3 Å². The topological polar surface area (TPSA) is 41.1 Å². The zero-order chi connectivity index (χ0) is 14.3. The second-order valence-corrected chi connectivity index (χ2v) is 4.93. The van der Waals surface area contributed by atoms with Crippen LogP contribution in [0.3, 0.4) is 0 Å². The Hall–Kier alpha value is -1.51. The highest BCUT2D eigenvalue weighted by molar-refractivity contribution is 5.96. The lowest BCUT2D eigenvalue weighted by Gasteiger charge is -2.17. The van der Waals surface area contributed by atoms with Gasteiger partial charge in [0, 0.05) is 23.8 Å². The van der Waals surface area contributed by atoms with E-state index in [1.54, 1.807) is 0 Å². The van der Waals surface area contributed by atoms with Crippen LogP contribution in [0.4, 0.5) is 5.69 Å². The summed E-state index contributed by atoms with van der Waals surface area (Å²) in [4.78, 5) is 12.2. The first-order valence-electron chi connectivity index (χ1n) is 7.27. The molecular weight excluding hydrogens is 236 g/mol. The summed E-state index contributed by atoms with van der Waals surface area (Å²) in [5.41, 5.74) is 2.86. The van der Waals surface area contributed by atoms with Gasteiger partial charge in [0.2, 0.25) is 0 Å². The Morgan fingerprint density at radius 3 is 2.53 bits per heavy atom. The Kier molecular flexibility index (Phi) is 6.40. The molecule has 1 amide bonds. The van der Waals surface area contributed by atoms with Gasteiger partial charge in [0.05, 0.1) is 0 Å². The van der Waals surface area contributed by atoms with Gasteiger partial charge in [-0.3, -0.25) is 4.79 Å². The molecule has 0 heterocycles. The maximum Gasteiger partial charge on any atom is 0.251 e. The van der Waals surface area contributed by atoms with Crippen molar-refractivity contribution in [3.05, 3.63) is 29.3 Å². The van der Waals surface area contributed by atoms with Crippen LogP contribution in [0.25, 0.3) is 0 Å². The van der Waals surface area contributed by atoms with Gasteiger partial charge in [-0.15, -0.1) is 0 Å². The van der Waals surface area contributed by atoms with E-state index in [9.17, 15) is 4.79 Å². The van der Waals surface area contributed by atoms with Crippen molar-refractivity contribution in [2.24, 2.45) is 0 Å². The van der Waals surface area contributed by atoms with Gasteiger partial charge in [0.15, 0.2) is 0 Å². The average molecular weight is 262 g/mol. The van der Waals surface area contributed by atoms with E-state index in [0.717, 1.165) is 42.6 Å². The summed E-state index contributed by atoms with van der Waals surface area (Å²) in [7, 11) is 0. The van der Waals surface area contributed by atoms with E-state index in [4.69, 9.17) is 0 Å². The van der Waals surface area contributed by atoms with Crippen molar-refractivity contribution < 1.29 is 4.79 Å². The summed E-state index contributed by atoms with van der Waals surface area (Å²) < 4.78 is 0. The van der Waals surface area contributed by atoms with Crippen molar-refractivity contribution in [2.75, 3.05) is 11.9 Å². The summed E-state index contributed by atoms with van der Waals surface area (Å²) in [6.07, 6.45) is 3.11. The van der Waals surface area contributed by atoms with E-state index in [0.29, 0.717) is 0 Å². The zero-order valence-electron chi connectivity index (χ0n) is 12.5. The van der Waals surface area contributed by atoms with Gasteiger partial charge in [-0.2, -0.15) is 0 Å². The Morgan fingerprint density at radius 1 is 1.26 bits per heavy atom. The smallest absolute Gasteiger partial charge is 0.251 e. The molecule has 3 heteroatoms. The Balaban J connectivity index is 2.76. The fourth-order valence-corrected chi connectivity index (χ4v) is 2.22. The van der Waals surface area contributed by atoms with Gasteiger partial charge < -0.3 is 10.6 Å². The molecule has 1 aromatic rings. The molecule has 0 saturated carbocycles. The highest BCUT2D eigenvalue weighted by atomic mass is 16.1. The molecule has 2 N–H and O–H groups in total. The van der Waals surface area contributed by atoms with E-state index in [1.165, 1.54) is 0 Å². The van der Waals surface area contributed by atoms with Crippen molar-refractivity contribution in [3.63, 3.8) is 0 Å². The van der Waals surface area contributed by atoms with Crippen LogP contribution in [-0.4, -0.2) is 18.5 Å². The molecule has 0 aliphatic heterocycles. The Bertz CT molecular complexity index is 415. The minimum atomic E-state index is 0.0425. The third-order valence-electron chi connectivity index (χ3n) is 3.32. The molecule has 1 unspecified atom stereocenters. The molecule has 1 aromatic carbocycles. The number of benzene rings is 1. The lowest BCUT2D eigenvalue weighted by molar-refractivity contribution is 0.0933. The SMILES string of the molecule is CCCC(CC)NC(=O)c1ccc(NCC)cc1C. The largest absolute Gasteiger partial charge is 0.385 e. The molecule has 0 bridgehead atoms. The van der Waals surface area contributed by atoms with E-state index in [1.807, 2.05) is 25.1 Å². The van der Waals surface area contributed by atoms with Crippen molar-refractivity contribution in [3.8, 4) is 0 Å². The van der Waals surface area contributed by atoms with Crippen molar-refractivity contribution in [1.29, 1.82) is 0 Å². The molecular formula is C16H26N2O. The van der Waals surface area contributed by atoms with E-state index < -0.39 is 0 Å². The molecule has 0 aliphatic carbocycles. The van der Waals surface area contributed by atoms with Crippen LogP contribution in [0.2, 0.25) is 0 Å². The summed E-state index contributed by atoms with van der Waals surface area (Å²) in [6.45, 7) is 9.19. The fraction of sp³-hybridized carbons (Fsp3) is 0.562. The Labute approximate surface area is 116 Å². The number of nitrogens with one attached hydrogen (secondary N) is 2. The van der Waals surface area contributed by atoms with Crippen molar-refractivity contribution >= 4 is 11.6 Å². The van der Waals surface area contributed by atoms with Crippen LogP contribution in [0.5, 0.6) is 0 Å². The number of carbonyl (C=O) groups is 1. The molecule has 3 nitrogen and oxygen atoms in total. The average Bonchev–Trinajstić information content (AvgIpc) is 2.38. The minimum Gasteiger partial charge on any atom is -0.385 e. The third kappa shape index (κ3) is 4.58. The molecule has 0 spiro atoms. The predicted molar refractivity (Wildman–Crippen MR) is 81.8 cm³/mol. The number of amides is 1. The molecule has 0 saturated heterocycles. The zero-order valence-corrected chi connectivity index (χ0v) is 12.5. The standard InChI is InChI=1S/C16H26N2O/c1-5-8-13(6-2)18-16(19)15-10-9-14(17-7-3)11-12(15)4/h9-11,13,17H,5-8H2,1-4H3,(H,18,19). The van der Waals surface area contributed by atoms with E-state index in [2.05, 4.69) is 31.4 Å². The first kappa shape index (κ1) is 15.5. The molecule has 1 atom stereocenters. The minimum absolute atomic E-state index is 0.0425. The number of aryl methyl sites for hydroxylation is 1. The van der Waals surface area contributed by atoms with Crippen LogP contribution in [0.15, 0.2) is 18.2 Å². The fourth-order valence-electron chi connectivity index (χ4n) is 2.22. The number of hydrogen-bond acceptors (Lipinski definition) is 2. The van der Waals surface area contributed by atoms with E-state index >= 15 is 0 Å². The molecule has 1 rings (SSSR count). The van der Waals surface area contributed by atoms with Crippen LogP contribution in [-0.2, 0) is 0 Å². The molecule has 106 valence electrons. The predicted octanol–water partition coefficient (Wildman–Crippen LogP) is 3.74. The number of rotatable bonds is 7. The molecule has 0 aliphatic rings. The third-order valence-corrected chi connectivity index (χ3v) is 3.32. The first-order chi connectivity index (χ1) is 9.12. The maximum absolute atomic E-state index is 12.2. The molecule has 0 radical (unpaired) electrons. The summed E-state index contributed by atoms with van der Waals surface area (Å²) in [6, 6.07) is 6.18. The van der Waals surface area contributed by atoms with Crippen LogP contribution >= 0.6 is 0 Å². The molecule has 19 heavy (non-hydrogen) atoms. The number of anilines is 1. The van der Waals surface area contributed by atoms with E-state index in [-0.39, 0.29) is 11.9 Å². The highest BCUT2D eigenvalue weighted by Gasteiger charge is 2.13. The van der Waals surface area contributed by atoms with Crippen molar-refractivity contribution in [2.45, 2.75) is 53.0 Å². The maximum atomic E-state index is 12.2. The van der Waals surface area contributed by atoms with Gasteiger partial charge in [0.1, 0.15) is 0 Å². The van der Waals surface area contributed by atoms with Gasteiger partial charge in [-0.05, 0) is 50.5 Å². The summed E-state index contributed by atoms with van der Waals surface area (Å²) in [5, 5.41) is 6.37. The number of hydrogen-bond donors (Lipinski definition) is 2. The lowest BCUT2D eigenvalue weighted by Crippen LogP contribution is -2.34. The van der Waals surface area contributed by atoms with Crippen LogP contribution in [0, 0.1) is 6.92 Å². The Morgan fingerprint density at radius 2 is 2.00 bits per heavy atom. The quantitative estimate of drug-likeness (QED) is 0.786. The van der Waals surface area contributed by atoms with Crippen LogP contribution < -0.4 is 10.6 Å². The summed E-state index contributed by atoms with van der Waals surface area (Å²) in [5.74, 6) is 0.0425. The lowest BCUT2D eigenvalue weighted by atomic mass is 10.0. The van der Waals surface area contributed by atoms with Gasteiger partial charge >= 0.3 is 0 Å². The number of carbonyl (C=O) groups excluding carboxylic acids is 1. The van der Waals surface area contributed by atoms with Crippen LogP contribution in [0.1, 0.15) is 56.0 Å². The van der Waals surface area contributed by atoms with Crippen molar-refractivity contribution in [1.82, 2.24) is 5.32 Å². The summed E-state index contributed by atoms with van der Waals surface area (Å²) >= 11 is 0. The second kappa shape index (κ2) is 7.82. The molecule has 0 fully saturated rings. The van der Waals surface area contributed by atoms with Gasteiger partial charge in [-0.25, -0.2) is 0 Å². The monoisotopic (exact) mass is 262 g/mol.